The number of nitriles is 1. The van der Waals surface area contributed by atoms with Crippen molar-refractivity contribution in [2.45, 2.75) is 11.3 Å². The SMILES string of the molecule is N#CCCNS(=O)c1ccccc1-c1ccc(-c2cnc(N)nc2)c(F)c1. The second-order valence-electron chi connectivity index (χ2n) is 5.59. The molecule has 0 bridgehead atoms. The summed E-state index contributed by atoms with van der Waals surface area (Å²) in [7, 11) is -1.50. The molecule has 0 spiro atoms. The van der Waals surface area contributed by atoms with Gasteiger partial charge in [0.2, 0.25) is 5.95 Å². The van der Waals surface area contributed by atoms with Crippen molar-refractivity contribution in [3.05, 3.63) is 60.7 Å². The summed E-state index contributed by atoms with van der Waals surface area (Å²) < 4.78 is 30.0. The smallest absolute Gasteiger partial charge is 0.219 e. The lowest BCUT2D eigenvalue weighted by atomic mass is 10.0. The second kappa shape index (κ2) is 8.49. The summed E-state index contributed by atoms with van der Waals surface area (Å²) >= 11 is 0. The lowest BCUT2D eigenvalue weighted by molar-refractivity contribution is 0.631. The van der Waals surface area contributed by atoms with Gasteiger partial charge in [-0.25, -0.2) is 23.3 Å². The van der Waals surface area contributed by atoms with E-state index >= 15 is 0 Å². The molecule has 0 saturated carbocycles. The van der Waals surface area contributed by atoms with Gasteiger partial charge >= 0.3 is 0 Å². The minimum absolute atomic E-state index is 0.121. The van der Waals surface area contributed by atoms with Gasteiger partial charge in [0.1, 0.15) is 16.8 Å². The van der Waals surface area contributed by atoms with Crippen LogP contribution in [0.25, 0.3) is 22.3 Å². The molecule has 0 aliphatic rings. The number of anilines is 1. The van der Waals surface area contributed by atoms with Gasteiger partial charge in [0.05, 0.1) is 11.0 Å². The number of halogens is 1. The van der Waals surface area contributed by atoms with Crippen molar-refractivity contribution in [3.63, 3.8) is 0 Å². The number of aromatic nitrogens is 2. The average molecular weight is 381 g/mol. The van der Waals surface area contributed by atoms with Gasteiger partial charge in [0.15, 0.2) is 0 Å². The van der Waals surface area contributed by atoms with Crippen LogP contribution in [-0.4, -0.2) is 20.7 Å². The third-order valence-corrected chi connectivity index (χ3v) is 5.04. The van der Waals surface area contributed by atoms with Gasteiger partial charge in [-0.15, -0.1) is 0 Å². The highest BCUT2D eigenvalue weighted by Crippen LogP contribution is 2.30. The molecular weight excluding hydrogens is 365 g/mol. The molecule has 1 atom stereocenters. The Hall–Kier alpha value is -3.15. The summed E-state index contributed by atoms with van der Waals surface area (Å²) in [6.07, 6.45) is 3.17. The molecular formula is C19H16FN5OS. The van der Waals surface area contributed by atoms with Crippen LogP contribution in [0.4, 0.5) is 10.3 Å². The molecule has 0 amide bonds. The van der Waals surface area contributed by atoms with E-state index in [2.05, 4.69) is 14.7 Å². The lowest BCUT2D eigenvalue weighted by Crippen LogP contribution is -2.18. The predicted molar refractivity (Wildman–Crippen MR) is 102 cm³/mol. The topological polar surface area (TPSA) is 105 Å². The van der Waals surface area contributed by atoms with Crippen LogP contribution in [0, 0.1) is 17.1 Å². The number of nitrogens with zero attached hydrogens (tertiary/aromatic N) is 3. The molecule has 0 saturated heterocycles. The first-order valence-corrected chi connectivity index (χ1v) is 9.24. The second-order valence-corrected chi connectivity index (χ2v) is 6.86. The van der Waals surface area contributed by atoms with E-state index in [-0.39, 0.29) is 12.4 Å². The Labute approximate surface area is 158 Å². The Morgan fingerprint density at radius 3 is 2.56 bits per heavy atom. The van der Waals surface area contributed by atoms with Gasteiger partial charge in [0, 0.05) is 36.5 Å². The van der Waals surface area contributed by atoms with E-state index in [0.29, 0.717) is 33.7 Å². The molecule has 27 heavy (non-hydrogen) atoms. The Bertz CT molecular complexity index is 1020. The van der Waals surface area contributed by atoms with E-state index in [0.717, 1.165) is 0 Å². The first kappa shape index (κ1) is 18.6. The summed E-state index contributed by atoms with van der Waals surface area (Å²) in [5.74, 6) is -0.324. The van der Waals surface area contributed by atoms with Crippen molar-refractivity contribution < 1.29 is 8.60 Å². The number of nitrogens with one attached hydrogen (secondary N) is 1. The zero-order valence-corrected chi connectivity index (χ0v) is 15.0. The Morgan fingerprint density at radius 2 is 1.85 bits per heavy atom. The minimum Gasteiger partial charge on any atom is -0.368 e. The van der Waals surface area contributed by atoms with E-state index in [1.54, 1.807) is 36.4 Å². The van der Waals surface area contributed by atoms with E-state index in [1.165, 1.54) is 18.5 Å². The van der Waals surface area contributed by atoms with Crippen molar-refractivity contribution in [2.24, 2.45) is 0 Å². The van der Waals surface area contributed by atoms with Crippen molar-refractivity contribution in [1.82, 2.24) is 14.7 Å². The van der Waals surface area contributed by atoms with E-state index in [4.69, 9.17) is 11.0 Å². The highest BCUT2D eigenvalue weighted by atomic mass is 32.2. The van der Waals surface area contributed by atoms with Gasteiger partial charge in [0.25, 0.3) is 0 Å². The standard InChI is InChI=1S/C19H16FN5OS/c20-17-10-13(6-7-15(17)14-11-23-19(22)24-12-14)16-4-1-2-5-18(16)27(26)25-9-3-8-21/h1-2,4-7,10-12,25H,3,9H2,(H2,22,23,24). The zero-order valence-electron chi connectivity index (χ0n) is 14.2. The van der Waals surface area contributed by atoms with Gasteiger partial charge in [-0.05, 0) is 23.3 Å². The summed E-state index contributed by atoms with van der Waals surface area (Å²) in [6, 6.07) is 13.8. The molecule has 2 aromatic carbocycles. The van der Waals surface area contributed by atoms with Crippen molar-refractivity contribution >= 4 is 16.9 Å². The van der Waals surface area contributed by atoms with Crippen LogP contribution in [0.3, 0.4) is 0 Å². The molecule has 0 aliphatic carbocycles. The molecule has 1 aromatic heterocycles. The summed E-state index contributed by atoms with van der Waals surface area (Å²) in [4.78, 5) is 8.28. The van der Waals surface area contributed by atoms with Crippen LogP contribution in [0.1, 0.15) is 6.42 Å². The van der Waals surface area contributed by atoms with Crippen LogP contribution in [0.15, 0.2) is 59.8 Å². The summed E-state index contributed by atoms with van der Waals surface area (Å²) in [6.45, 7) is 0.307. The zero-order chi connectivity index (χ0) is 19.2. The van der Waals surface area contributed by atoms with Gasteiger partial charge in [-0.3, -0.25) is 0 Å². The Balaban J connectivity index is 1.94. The van der Waals surface area contributed by atoms with E-state index < -0.39 is 16.8 Å². The molecule has 0 aliphatic heterocycles. The van der Waals surface area contributed by atoms with Crippen LogP contribution < -0.4 is 10.5 Å². The maximum absolute atomic E-state index is 14.7. The van der Waals surface area contributed by atoms with Crippen LogP contribution >= 0.6 is 0 Å². The van der Waals surface area contributed by atoms with Crippen LogP contribution in [0.2, 0.25) is 0 Å². The first-order chi connectivity index (χ1) is 13.1. The highest BCUT2D eigenvalue weighted by molar-refractivity contribution is 7.83. The molecule has 1 unspecified atom stereocenters. The number of rotatable bonds is 6. The summed E-state index contributed by atoms with van der Waals surface area (Å²) in [5, 5.41) is 8.60. The van der Waals surface area contributed by atoms with Crippen molar-refractivity contribution in [3.8, 4) is 28.3 Å². The third-order valence-electron chi connectivity index (χ3n) is 3.82. The van der Waals surface area contributed by atoms with Gasteiger partial charge in [-0.2, -0.15) is 5.26 Å². The maximum atomic E-state index is 14.7. The molecule has 1 heterocycles. The predicted octanol–water partition coefficient (Wildman–Crippen LogP) is 3.06. The van der Waals surface area contributed by atoms with E-state index in [9.17, 15) is 8.60 Å². The molecule has 3 rings (SSSR count). The average Bonchev–Trinajstić information content (AvgIpc) is 2.69. The largest absolute Gasteiger partial charge is 0.368 e. The maximum Gasteiger partial charge on any atom is 0.219 e. The lowest BCUT2D eigenvalue weighted by Gasteiger charge is -2.11. The number of benzene rings is 2. The fourth-order valence-electron chi connectivity index (χ4n) is 2.54. The number of hydrogen-bond donors (Lipinski definition) is 2. The van der Waals surface area contributed by atoms with Crippen molar-refractivity contribution in [2.75, 3.05) is 12.3 Å². The molecule has 136 valence electrons. The third kappa shape index (κ3) is 4.34. The monoisotopic (exact) mass is 381 g/mol. The normalized spacial score (nSPS) is 11.7. The number of nitrogens with two attached hydrogens (primary N) is 1. The summed E-state index contributed by atoms with van der Waals surface area (Å²) in [5.41, 5.74) is 7.58. The highest BCUT2D eigenvalue weighted by Gasteiger charge is 2.13. The quantitative estimate of drug-likeness (QED) is 0.639. The molecule has 0 fully saturated rings. The Kier molecular flexibility index (Phi) is 5.86. The minimum atomic E-state index is -1.50. The number of nitrogen functional groups attached to an aromatic ring is 1. The van der Waals surface area contributed by atoms with Crippen LogP contribution in [-0.2, 0) is 11.0 Å². The van der Waals surface area contributed by atoms with Crippen molar-refractivity contribution in [1.29, 1.82) is 5.26 Å². The molecule has 8 heteroatoms. The molecule has 6 nitrogen and oxygen atoms in total. The molecule has 3 N–H and O–H groups in total. The molecule has 3 aromatic rings. The number of hydrogen-bond acceptors (Lipinski definition) is 5. The van der Waals surface area contributed by atoms with Crippen LogP contribution in [0.5, 0.6) is 0 Å². The fourth-order valence-corrected chi connectivity index (χ4v) is 3.57. The molecule has 0 radical (unpaired) electrons. The Morgan fingerprint density at radius 1 is 1.11 bits per heavy atom. The van der Waals surface area contributed by atoms with Gasteiger partial charge < -0.3 is 5.73 Å². The fraction of sp³-hybridized carbons (Fsp3) is 0.105. The van der Waals surface area contributed by atoms with Gasteiger partial charge in [-0.1, -0.05) is 30.3 Å². The first-order valence-electron chi connectivity index (χ1n) is 8.09. The van der Waals surface area contributed by atoms with E-state index in [1.807, 2.05) is 6.07 Å².